The number of phosphoric ester groups is 1. The third kappa shape index (κ3) is 5.43. The van der Waals surface area contributed by atoms with Crippen LogP contribution in [0, 0.1) is 0 Å². The van der Waals surface area contributed by atoms with Crippen LogP contribution in [0.5, 0.6) is 0 Å². The van der Waals surface area contributed by atoms with Crippen LogP contribution in [0.1, 0.15) is 39.5 Å². The molecule has 0 saturated heterocycles. The predicted molar refractivity (Wildman–Crippen MR) is 80.6 cm³/mol. The van der Waals surface area contributed by atoms with Crippen LogP contribution in [0.4, 0.5) is 0 Å². The minimum Gasteiger partial charge on any atom is -0.411 e. The van der Waals surface area contributed by atoms with Gasteiger partial charge in [-0.05, 0) is 67.7 Å². The van der Waals surface area contributed by atoms with Gasteiger partial charge in [0.1, 0.15) is 6.26 Å². The van der Waals surface area contributed by atoms with Crippen molar-refractivity contribution in [2.24, 2.45) is 0 Å². The molecule has 0 atom stereocenters. The summed E-state index contributed by atoms with van der Waals surface area (Å²) in [6.07, 6.45) is 8.28. The Morgan fingerprint density at radius 3 is 2.56 bits per heavy atom. The molecule has 0 spiro atoms. The van der Waals surface area contributed by atoms with Gasteiger partial charge in [0.05, 0.1) is 16.8 Å². The van der Waals surface area contributed by atoms with E-state index in [4.69, 9.17) is 13.6 Å². The molecule has 6 heteroatoms. The normalized spacial score (nSPS) is 17.5. The van der Waals surface area contributed by atoms with E-state index in [1.165, 1.54) is 24.7 Å². The molecule has 0 unspecified atom stereocenters. The molecule has 18 heavy (non-hydrogen) atoms. The van der Waals surface area contributed by atoms with Gasteiger partial charge in [-0.2, -0.15) is 0 Å². The summed E-state index contributed by atoms with van der Waals surface area (Å²) in [6, 6.07) is 0. The average Bonchev–Trinajstić information content (AvgIpc) is 2.38. The molecule has 0 bridgehead atoms. The molecular formula is C12H20IO4P. The Labute approximate surface area is 123 Å². The number of halogens is 1. The van der Waals surface area contributed by atoms with Crippen LogP contribution in [0.3, 0.4) is 0 Å². The minimum absolute atomic E-state index is 0.296. The zero-order chi connectivity index (χ0) is 13.4. The highest BCUT2D eigenvalue weighted by Crippen LogP contribution is 2.50. The first-order valence-corrected chi connectivity index (χ1v) is 8.78. The maximum absolute atomic E-state index is 12.1. The Bertz CT molecular complexity index is 355. The number of phosphoric acid groups is 1. The van der Waals surface area contributed by atoms with Gasteiger partial charge in [-0.25, -0.2) is 4.57 Å². The van der Waals surface area contributed by atoms with Crippen LogP contribution in [-0.4, -0.2) is 13.2 Å². The molecule has 104 valence electrons. The molecule has 0 aromatic rings. The number of allylic oxidation sites excluding steroid dienone is 3. The summed E-state index contributed by atoms with van der Waals surface area (Å²) < 4.78 is 28.4. The minimum atomic E-state index is -3.43. The monoisotopic (exact) mass is 386 g/mol. The van der Waals surface area contributed by atoms with Crippen molar-refractivity contribution in [3.8, 4) is 0 Å². The van der Waals surface area contributed by atoms with Crippen LogP contribution in [0.2, 0.25) is 0 Å². The SMILES string of the molecule is CCOP(=O)(O/C=C(\I)C1=CCCCC1)OCC. The summed E-state index contributed by atoms with van der Waals surface area (Å²) in [4.78, 5) is 0. The molecule has 0 aliphatic heterocycles. The van der Waals surface area contributed by atoms with Crippen LogP contribution < -0.4 is 0 Å². The van der Waals surface area contributed by atoms with Crippen molar-refractivity contribution >= 4 is 30.4 Å². The molecule has 1 aliphatic rings. The Hall–Kier alpha value is 0.160. The highest BCUT2D eigenvalue weighted by atomic mass is 127. The number of hydrogen-bond acceptors (Lipinski definition) is 4. The van der Waals surface area contributed by atoms with Crippen LogP contribution >= 0.6 is 30.4 Å². The molecule has 1 rings (SSSR count). The van der Waals surface area contributed by atoms with E-state index in [0.717, 1.165) is 16.4 Å². The second-order valence-corrected chi connectivity index (χ2v) is 6.61. The van der Waals surface area contributed by atoms with Gasteiger partial charge in [-0.3, -0.25) is 9.05 Å². The van der Waals surface area contributed by atoms with Gasteiger partial charge >= 0.3 is 7.82 Å². The summed E-state index contributed by atoms with van der Waals surface area (Å²) in [5, 5.41) is 0. The first-order chi connectivity index (χ1) is 8.61. The van der Waals surface area contributed by atoms with E-state index in [1.807, 2.05) is 0 Å². The lowest BCUT2D eigenvalue weighted by Crippen LogP contribution is -1.98. The summed E-state index contributed by atoms with van der Waals surface area (Å²) in [5.74, 6) is 0. The highest BCUT2D eigenvalue weighted by Gasteiger charge is 2.25. The smallest absolute Gasteiger partial charge is 0.411 e. The fourth-order valence-corrected chi connectivity index (χ4v) is 3.54. The maximum Gasteiger partial charge on any atom is 0.529 e. The predicted octanol–water partition coefficient (Wildman–Crippen LogP) is 4.96. The number of hydrogen-bond donors (Lipinski definition) is 0. The summed E-state index contributed by atoms with van der Waals surface area (Å²) in [5.41, 5.74) is 1.25. The Morgan fingerprint density at radius 2 is 2.06 bits per heavy atom. The molecule has 4 nitrogen and oxygen atoms in total. The Kier molecular flexibility index (Phi) is 7.53. The van der Waals surface area contributed by atoms with Crippen molar-refractivity contribution in [1.82, 2.24) is 0 Å². The topological polar surface area (TPSA) is 44.8 Å². The van der Waals surface area contributed by atoms with Gasteiger partial charge in [-0.1, -0.05) is 6.08 Å². The van der Waals surface area contributed by atoms with Crippen molar-refractivity contribution < 1.29 is 18.1 Å². The van der Waals surface area contributed by atoms with E-state index in [0.29, 0.717) is 13.2 Å². The fraction of sp³-hybridized carbons (Fsp3) is 0.667. The van der Waals surface area contributed by atoms with E-state index < -0.39 is 7.82 Å². The summed E-state index contributed by atoms with van der Waals surface area (Å²) in [6.45, 7) is 4.11. The zero-order valence-corrected chi connectivity index (χ0v) is 13.9. The second kappa shape index (κ2) is 8.35. The lowest BCUT2D eigenvalue weighted by molar-refractivity contribution is 0.153. The Balaban J connectivity index is 2.64. The first kappa shape index (κ1) is 16.2. The molecule has 0 radical (unpaired) electrons. The largest absolute Gasteiger partial charge is 0.529 e. The summed E-state index contributed by atoms with van der Waals surface area (Å²) >= 11 is 2.19. The van der Waals surface area contributed by atoms with E-state index in [2.05, 4.69) is 28.7 Å². The van der Waals surface area contributed by atoms with Gasteiger partial charge in [0.25, 0.3) is 0 Å². The van der Waals surface area contributed by atoms with Crippen molar-refractivity contribution in [3.63, 3.8) is 0 Å². The van der Waals surface area contributed by atoms with Gasteiger partial charge in [0.2, 0.25) is 0 Å². The molecule has 0 amide bonds. The molecule has 0 heterocycles. The second-order valence-electron chi connectivity index (χ2n) is 3.83. The van der Waals surface area contributed by atoms with Gasteiger partial charge < -0.3 is 4.52 Å². The van der Waals surface area contributed by atoms with Crippen molar-refractivity contribution in [2.75, 3.05) is 13.2 Å². The molecule has 0 aromatic carbocycles. The third-order valence-corrected chi connectivity index (χ3v) is 4.92. The van der Waals surface area contributed by atoms with Crippen molar-refractivity contribution in [3.05, 3.63) is 21.5 Å². The lowest BCUT2D eigenvalue weighted by Gasteiger charge is -2.16. The fourth-order valence-electron chi connectivity index (χ4n) is 1.66. The third-order valence-electron chi connectivity index (χ3n) is 2.46. The molecule has 0 fully saturated rings. The van der Waals surface area contributed by atoms with Crippen LogP contribution in [-0.2, 0) is 18.1 Å². The first-order valence-electron chi connectivity index (χ1n) is 6.24. The maximum atomic E-state index is 12.1. The Morgan fingerprint density at radius 1 is 1.39 bits per heavy atom. The van der Waals surface area contributed by atoms with E-state index in [-0.39, 0.29) is 0 Å². The average molecular weight is 386 g/mol. The highest BCUT2D eigenvalue weighted by molar-refractivity contribution is 14.1. The van der Waals surface area contributed by atoms with E-state index >= 15 is 0 Å². The molecule has 0 saturated carbocycles. The van der Waals surface area contributed by atoms with E-state index in [1.54, 1.807) is 13.8 Å². The molecule has 1 aliphatic carbocycles. The molecule has 0 aromatic heterocycles. The molecule has 0 N–H and O–H groups in total. The molecular weight excluding hydrogens is 366 g/mol. The van der Waals surface area contributed by atoms with Crippen LogP contribution in [0.15, 0.2) is 21.5 Å². The lowest BCUT2D eigenvalue weighted by atomic mass is 10.00. The van der Waals surface area contributed by atoms with E-state index in [9.17, 15) is 4.57 Å². The summed E-state index contributed by atoms with van der Waals surface area (Å²) in [7, 11) is -3.43. The van der Waals surface area contributed by atoms with Crippen LogP contribution in [0.25, 0.3) is 0 Å². The standard InChI is InChI=1S/C12H20IO4P/c1-3-15-18(14,16-4-2)17-10-12(13)11-8-6-5-7-9-11/h8,10H,3-7,9H2,1-2H3/b12-10-. The van der Waals surface area contributed by atoms with Gasteiger partial charge in [0, 0.05) is 0 Å². The quantitative estimate of drug-likeness (QED) is 0.353. The zero-order valence-electron chi connectivity index (χ0n) is 10.9. The van der Waals surface area contributed by atoms with Gasteiger partial charge in [0.15, 0.2) is 0 Å². The van der Waals surface area contributed by atoms with Crippen molar-refractivity contribution in [1.29, 1.82) is 0 Å². The van der Waals surface area contributed by atoms with Gasteiger partial charge in [-0.15, -0.1) is 0 Å². The van der Waals surface area contributed by atoms with Crippen molar-refractivity contribution in [2.45, 2.75) is 39.5 Å². The number of rotatable bonds is 7.